The van der Waals surface area contributed by atoms with Crippen molar-refractivity contribution in [1.29, 1.82) is 0 Å². The third-order valence-electron chi connectivity index (χ3n) is 6.21. The van der Waals surface area contributed by atoms with Crippen LogP contribution in [0.15, 0.2) is 42.5 Å². The Morgan fingerprint density at radius 2 is 1.83 bits per heavy atom. The van der Waals surface area contributed by atoms with Crippen LogP contribution in [0.25, 0.3) is 0 Å². The van der Waals surface area contributed by atoms with E-state index >= 15 is 0 Å². The van der Waals surface area contributed by atoms with E-state index in [1.54, 1.807) is 11.9 Å². The number of benzene rings is 1. The van der Waals surface area contributed by atoms with Crippen LogP contribution in [0.1, 0.15) is 25.3 Å². The fraction of sp³-hybridized carbons (Fsp3) is 0.522. The molecule has 3 N–H and O–H groups in total. The Balaban J connectivity index is 1.85. The minimum Gasteiger partial charge on any atom is -0.396 e. The summed E-state index contributed by atoms with van der Waals surface area (Å²) < 4.78 is 0. The van der Waals surface area contributed by atoms with Gasteiger partial charge in [0.15, 0.2) is 0 Å². The Bertz CT molecular complexity index is 795. The number of fused-ring (bicyclic) bond motifs is 1. The summed E-state index contributed by atoms with van der Waals surface area (Å²) in [6.07, 6.45) is 5.05. The van der Waals surface area contributed by atoms with Crippen molar-refractivity contribution < 1.29 is 19.5 Å². The molecule has 30 heavy (non-hydrogen) atoms. The molecule has 0 saturated carbocycles. The average molecular weight is 414 g/mol. The van der Waals surface area contributed by atoms with Crippen LogP contribution in [0.3, 0.4) is 0 Å². The van der Waals surface area contributed by atoms with Gasteiger partial charge in [-0.1, -0.05) is 49.4 Å². The quantitative estimate of drug-likeness (QED) is 0.439. The van der Waals surface area contributed by atoms with Crippen molar-refractivity contribution in [2.24, 2.45) is 23.7 Å². The molecule has 7 nitrogen and oxygen atoms in total. The average Bonchev–Trinajstić information content (AvgIpc) is 3.04. The Morgan fingerprint density at radius 3 is 2.50 bits per heavy atom. The minimum atomic E-state index is -0.652. The van der Waals surface area contributed by atoms with Gasteiger partial charge in [-0.3, -0.25) is 14.4 Å². The highest BCUT2D eigenvalue weighted by Gasteiger charge is 2.56. The smallest absolute Gasteiger partial charge is 0.243 e. The van der Waals surface area contributed by atoms with E-state index in [1.165, 1.54) is 0 Å². The molecular formula is C23H31N3O4. The number of carbonyl (C=O) groups excluding carboxylic acids is 3. The maximum absolute atomic E-state index is 13.4. The SMILES string of the molecule is CNC(=O)[C@H]1[C@@H]2C(=O)N(CCCCO)[C@H](C(=O)NCc3ccccc3)[C@H]2C=C[C@H]1C. The van der Waals surface area contributed by atoms with Gasteiger partial charge in [0.2, 0.25) is 17.7 Å². The number of amides is 3. The molecule has 3 rings (SSSR count). The highest BCUT2D eigenvalue weighted by molar-refractivity contribution is 5.96. The van der Waals surface area contributed by atoms with Gasteiger partial charge < -0.3 is 20.6 Å². The Morgan fingerprint density at radius 1 is 1.10 bits per heavy atom. The standard InChI is InChI=1S/C23H31N3O4/c1-15-10-11-17-19(18(15)21(28)24-2)23(30)26(12-6-7-13-27)20(17)22(29)25-14-16-8-4-3-5-9-16/h3-5,8-11,15,17-20,27H,6-7,12-14H2,1-2H3,(H,24,28)(H,25,29)/t15-,17+,18-,19-,20+/m1/s1. The summed E-state index contributed by atoms with van der Waals surface area (Å²) in [5.74, 6) is -2.00. The second kappa shape index (κ2) is 9.89. The summed E-state index contributed by atoms with van der Waals surface area (Å²) >= 11 is 0. The first-order valence-corrected chi connectivity index (χ1v) is 10.6. The molecule has 0 aromatic heterocycles. The molecule has 162 valence electrons. The molecule has 1 heterocycles. The molecule has 1 aliphatic heterocycles. The van der Waals surface area contributed by atoms with E-state index in [4.69, 9.17) is 5.11 Å². The van der Waals surface area contributed by atoms with Gasteiger partial charge in [0.05, 0.1) is 11.8 Å². The maximum Gasteiger partial charge on any atom is 0.243 e. The van der Waals surface area contributed by atoms with Crippen molar-refractivity contribution in [3.05, 3.63) is 48.0 Å². The van der Waals surface area contributed by atoms with Crippen molar-refractivity contribution in [3.63, 3.8) is 0 Å². The number of hydrogen-bond donors (Lipinski definition) is 3. The fourth-order valence-corrected chi connectivity index (χ4v) is 4.68. The van der Waals surface area contributed by atoms with E-state index < -0.39 is 17.9 Å². The zero-order valence-electron chi connectivity index (χ0n) is 17.6. The molecule has 1 saturated heterocycles. The van der Waals surface area contributed by atoms with Gasteiger partial charge >= 0.3 is 0 Å². The Hall–Kier alpha value is -2.67. The van der Waals surface area contributed by atoms with Crippen molar-refractivity contribution in [3.8, 4) is 0 Å². The predicted octanol–water partition coefficient (Wildman–Crippen LogP) is 1.09. The zero-order chi connectivity index (χ0) is 21.7. The number of hydrogen-bond acceptors (Lipinski definition) is 4. The van der Waals surface area contributed by atoms with Gasteiger partial charge in [-0.25, -0.2) is 0 Å². The summed E-state index contributed by atoms with van der Waals surface area (Å²) in [5.41, 5.74) is 0.981. The second-order valence-electron chi connectivity index (χ2n) is 8.10. The molecular weight excluding hydrogens is 382 g/mol. The number of nitrogens with zero attached hydrogens (tertiary/aromatic N) is 1. The summed E-state index contributed by atoms with van der Waals surface area (Å²) in [7, 11) is 1.57. The summed E-state index contributed by atoms with van der Waals surface area (Å²) in [6, 6.07) is 8.97. The van der Waals surface area contributed by atoms with Crippen LogP contribution in [0.2, 0.25) is 0 Å². The van der Waals surface area contributed by atoms with E-state index in [1.807, 2.05) is 49.4 Å². The first-order valence-electron chi connectivity index (χ1n) is 10.6. The lowest BCUT2D eigenvalue weighted by Gasteiger charge is -2.32. The Labute approximate surface area is 177 Å². The molecule has 0 spiro atoms. The van der Waals surface area contributed by atoms with Crippen LogP contribution in [-0.4, -0.2) is 54.0 Å². The van der Waals surface area contributed by atoms with Crippen molar-refractivity contribution in [1.82, 2.24) is 15.5 Å². The number of unbranched alkanes of at least 4 members (excludes halogenated alkanes) is 1. The predicted molar refractivity (Wildman–Crippen MR) is 113 cm³/mol. The highest BCUT2D eigenvalue weighted by Crippen LogP contribution is 2.44. The van der Waals surface area contributed by atoms with Crippen LogP contribution in [0, 0.1) is 23.7 Å². The lowest BCUT2D eigenvalue weighted by Crippen LogP contribution is -2.47. The molecule has 1 aliphatic carbocycles. The topological polar surface area (TPSA) is 98.7 Å². The van der Waals surface area contributed by atoms with Gasteiger partial charge in [-0.15, -0.1) is 0 Å². The molecule has 0 radical (unpaired) electrons. The molecule has 3 amide bonds. The second-order valence-corrected chi connectivity index (χ2v) is 8.10. The van der Waals surface area contributed by atoms with Crippen LogP contribution in [0.5, 0.6) is 0 Å². The molecule has 2 aliphatic rings. The van der Waals surface area contributed by atoms with Crippen molar-refractivity contribution in [2.45, 2.75) is 32.4 Å². The zero-order valence-corrected chi connectivity index (χ0v) is 17.6. The monoisotopic (exact) mass is 413 g/mol. The van der Waals surface area contributed by atoms with Gasteiger partial charge in [0.25, 0.3) is 0 Å². The third kappa shape index (κ3) is 4.41. The molecule has 1 fully saturated rings. The van der Waals surface area contributed by atoms with E-state index in [0.717, 1.165) is 5.56 Å². The summed E-state index contributed by atoms with van der Waals surface area (Å²) in [4.78, 5) is 40.8. The fourth-order valence-electron chi connectivity index (χ4n) is 4.68. The number of aliphatic hydroxyl groups is 1. The van der Waals surface area contributed by atoms with E-state index in [-0.39, 0.29) is 36.2 Å². The van der Waals surface area contributed by atoms with Gasteiger partial charge in [-0.2, -0.15) is 0 Å². The normalized spacial score (nSPS) is 27.6. The van der Waals surface area contributed by atoms with Gasteiger partial charge in [-0.05, 0) is 24.3 Å². The largest absolute Gasteiger partial charge is 0.396 e. The number of aliphatic hydroxyl groups excluding tert-OH is 1. The minimum absolute atomic E-state index is 0.0392. The van der Waals surface area contributed by atoms with E-state index in [2.05, 4.69) is 10.6 Å². The van der Waals surface area contributed by atoms with Crippen LogP contribution >= 0.6 is 0 Å². The summed E-state index contributed by atoms with van der Waals surface area (Å²) in [6.45, 7) is 2.74. The van der Waals surface area contributed by atoms with Crippen LogP contribution in [0.4, 0.5) is 0 Å². The van der Waals surface area contributed by atoms with Gasteiger partial charge in [0, 0.05) is 32.7 Å². The molecule has 0 bridgehead atoms. The maximum atomic E-state index is 13.4. The van der Waals surface area contributed by atoms with Crippen molar-refractivity contribution >= 4 is 17.7 Å². The molecule has 5 atom stereocenters. The Kier molecular flexibility index (Phi) is 7.26. The van der Waals surface area contributed by atoms with E-state index in [9.17, 15) is 14.4 Å². The lowest BCUT2D eigenvalue weighted by molar-refractivity contribution is -0.140. The molecule has 0 unspecified atom stereocenters. The first-order chi connectivity index (χ1) is 14.5. The van der Waals surface area contributed by atoms with Crippen LogP contribution in [-0.2, 0) is 20.9 Å². The number of likely N-dealkylation sites (tertiary alicyclic amines) is 1. The first kappa shape index (κ1) is 22.0. The third-order valence-corrected chi connectivity index (χ3v) is 6.21. The number of rotatable bonds is 8. The lowest BCUT2D eigenvalue weighted by atomic mass is 9.70. The number of allylic oxidation sites excluding steroid dienone is 1. The van der Waals surface area contributed by atoms with E-state index in [0.29, 0.717) is 25.9 Å². The number of carbonyl (C=O) groups is 3. The highest BCUT2D eigenvalue weighted by atomic mass is 16.3. The van der Waals surface area contributed by atoms with Crippen LogP contribution < -0.4 is 10.6 Å². The molecule has 1 aromatic rings. The summed E-state index contributed by atoms with van der Waals surface area (Å²) in [5, 5.41) is 14.8. The van der Waals surface area contributed by atoms with Gasteiger partial charge in [0.1, 0.15) is 6.04 Å². The number of nitrogens with one attached hydrogen (secondary N) is 2. The molecule has 1 aromatic carbocycles. The van der Waals surface area contributed by atoms with Crippen molar-refractivity contribution in [2.75, 3.05) is 20.2 Å². The molecule has 7 heteroatoms.